The van der Waals surface area contributed by atoms with Gasteiger partial charge in [0.2, 0.25) is 0 Å². The molecule has 0 spiro atoms. The topological polar surface area (TPSA) is 8.17 Å². The summed E-state index contributed by atoms with van der Waals surface area (Å²) in [6.07, 6.45) is 0. The third kappa shape index (κ3) is 12.7. The Morgan fingerprint density at radius 2 is 0.582 bits per heavy atom. The Kier molecular flexibility index (Phi) is 16.2. The number of anilines is 3. The zero-order valence-corrected chi connectivity index (χ0v) is 63.5. The monoisotopic (exact) mass is 1290 g/mol. The molecule has 0 aliphatic rings. The molecule has 13 rings (SSSR count). The van der Waals surface area contributed by atoms with E-state index in [0.29, 0.717) is 0 Å². The molecule has 13 aromatic rings. The van der Waals surface area contributed by atoms with Crippen LogP contribution in [-0.2, 0) is 43.3 Å². The molecule has 0 unspecified atom stereocenters. The standard InChI is InChI=1S/C96H106N2/c1-89(2,3)68-44-64(45-69(55-68)90(4,5)6)61-28-27-29-76(52-61)97(82-31-26-25-30-77(82)67-50-74(95(19,20)21)58-75(51-67)96(22,23)24)83-40-34-59-33-39-79-84(41-35-60-32-38-78(83)87(59)88(60)79)98-85-42-36-62(65-46-70(91(7,8)9)56-71(47-65)92(10,11)12)53-80(85)81-54-63(37-43-86(81)98)66-48-72(93(13,14)15)57-73(49-66)94(16,17)18/h25-58H,1-24H3. The van der Waals surface area contributed by atoms with Gasteiger partial charge in [0.1, 0.15) is 0 Å². The fourth-order valence-electron chi connectivity index (χ4n) is 14.6. The van der Waals surface area contributed by atoms with Gasteiger partial charge in [-0.1, -0.05) is 318 Å². The van der Waals surface area contributed by atoms with Crippen molar-refractivity contribution in [3.8, 4) is 50.2 Å². The van der Waals surface area contributed by atoms with Gasteiger partial charge in [0, 0.05) is 32.8 Å². The summed E-state index contributed by atoms with van der Waals surface area (Å²) in [5, 5.41) is 9.90. The SMILES string of the molecule is CC(C)(C)c1cc(-c2cccc(N(c3ccccc3-c3cc(C(C)(C)C)cc(C(C)(C)C)c3)c3ccc4ccc5c(-n6c7ccc(-c8cc(C(C)(C)C)cc(C(C)(C)C)c8)cc7c7cc(-c8cc(C(C)(C)C)cc(C(C)(C)C)c8)ccc76)ccc6ccc3c4c65)c2)cc(C(C)(C)C)c1. The molecular formula is C96H106N2. The summed E-state index contributed by atoms with van der Waals surface area (Å²) in [4.78, 5) is 2.58. The van der Waals surface area contributed by atoms with Crippen molar-refractivity contribution in [1.82, 2.24) is 4.57 Å². The number of fused-ring (bicyclic) bond motifs is 3. The van der Waals surface area contributed by atoms with Gasteiger partial charge in [0.25, 0.3) is 0 Å². The zero-order valence-electron chi connectivity index (χ0n) is 63.5. The van der Waals surface area contributed by atoms with E-state index in [0.717, 1.165) is 17.1 Å². The highest BCUT2D eigenvalue weighted by atomic mass is 15.1. The molecule has 12 aromatic carbocycles. The van der Waals surface area contributed by atoms with Crippen LogP contribution >= 0.6 is 0 Å². The van der Waals surface area contributed by atoms with Crippen molar-refractivity contribution in [3.05, 3.63) is 251 Å². The fraction of sp³-hybridized carbons (Fsp3) is 0.333. The first-order chi connectivity index (χ1) is 45.6. The molecule has 0 fully saturated rings. The largest absolute Gasteiger partial charge is 0.309 e. The Labute approximate surface area is 587 Å². The summed E-state index contributed by atoms with van der Waals surface area (Å²) in [5.74, 6) is 0. The number of hydrogen-bond acceptors (Lipinski definition) is 1. The van der Waals surface area contributed by atoms with Crippen LogP contribution in [0.2, 0.25) is 0 Å². The van der Waals surface area contributed by atoms with Crippen LogP contribution in [0.5, 0.6) is 0 Å². The van der Waals surface area contributed by atoms with Crippen LogP contribution in [0.15, 0.2) is 206 Å². The second-order valence-corrected chi connectivity index (χ2v) is 37.0. The maximum Gasteiger partial charge on any atom is 0.0541 e. The normalized spacial score (nSPS) is 13.3. The minimum absolute atomic E-state index is 0.0207. The lowest BCUT2D eigenvalue weighted by molar-refractivity contribution is 0.568. The molecular weight excluding hydrogens is 1180 g/mol. The minimum atomic E-state index is -0.0628. The van der Waals surface area contributed by atoms with E-state index in [9.17, 15) is 0 Å². The third-order valence-corrected chi connectivity index (χ3v) is 21.1. The van der Waals surface area contributed by atoms with Gasteiger partial charge in [-0.15, -0.1) is 0 Å². The molecule has 0 saturated carbocycles. The molecule has 0 radical (unpaired) electrons. The van der Waals surface area contributed by atoms with Crippen molar-refractivity contribution in [3.63, 3.8) is 0 Å². The molecule has 2 heteroatoms. The zero-order chi connectivity index (χ0) is 70.5. The Morgan fingerprint density at radius 3 is 0.990 bits per heavy atom. The first-order valence-corrected chi connectivity index (χ1v) is 36.0. The molecule has 0 atom stereocenters. The Hall–Kier alpha value is -8.72. The van der Waals surface area contributed by atoms with Crippen LogP contribution < -0.4 is 4.90 Å². The van der Waals surface area contributed by atoms with Gasteiger partial charge in [-0.3, -0.25) is 0 Å². The van der Waals surface area contributed by atoms with Gasteiger partial charge in [0.05, 0.1) is 28.1 Å². The van der Waals surface area contributed by atoms with E-state index in [-0.39, 0.29) is 43.3 Å². The van der Waals surface area contributed by atoms with Crippen LogP contribution in [0.25, 0.3) is 104 Å². The first kappa shape index (κ1) is 67.8. The van der Waals surface area contributed by atoms with Crippen LogP contribution in [0.4, 0.5) is 17.1 Å². The molecule has 2 nitrogen and oxygen atoms in total. The first-order valence-electron chi connectivity index (χ1n) is 36.0. The maximum absolute atomic E-state index is 2.58. The van der Waals surface area contributed by atoms with E-state index >= 15 is 0 Å². The smallest absolute Gasteiger partial charge is 0.0541 e. The predicted molar refractivity (Wildman–Crippen MR) is 431 cm³/mol. The molecule has 98 heavy (non-hydrogen) atoms. The summed E-state index contributed by atoms with van der Waals surface area (Å²) >= 11 is 0. The van der Waals surface area contributed by atoms with Crippen LogP contribution in [0.1, 0.15) is 211 Å². The maximum atomic E-state index is 2.58. The molecule has 0 amide bonds. The van der Waals surface area contributed by atoms with E-state index in [4.69, 9.17) is 0 Å². The predicted octanol–water partition coefficient (Wildman–Crippen LogP) is 28.2. The average molecular weight is 1290 g/mol. The van der Waals surface area contributed by atoms with Gasteiger partial charge < -0.3 is 9.47 Å². The summed E-state index contributed by atoms with van der Waals surface area (Å²) < 4.78 is 2.58. The van der Waals surface area contributed by atoms with Gasteiger partial charge in [0.15, 0.2) is 0 Å². The summed E-state index contributed by atoms with van der Waals surface area (Å²) in [6.45, 7) is 56.2. The number of rotatable bonds is 8. The lowest BCUT2D eigenvalue weighted by Gasteiger charge is -2.31. The lowest BCUT2D eigenvalue weighted by atomic mass is 9.78. The number of para-hydroxylation sites is 1. The molecule has 1 aromatic heterocycles. The van der Waals surface area contributed by atoms with E-state index in [1.165, 1.54) is 149 Å². The number of nitrogens with zero attached hydrogens (tertiary/aromatic N) is 2. The minimum Gasteiger partial charge on any atom is -0.309 e. The van der Waals surface area contributed by atoms with Crippen molar-refractivity contribution in [2.24, 2.45) is 0 Å². The molecule has 1 heterocycles. The average Bonchev–Trinajstić information content (AvgIpc) is 1.23. The lowest BCUT2D eigenvalue weighted by Crippen LogP contribution is -2.17. The Morgan fingerprint density at radius 1 is 0.235 bits per heavy atom. The second-order valence-electron chi connectivity index (χ2n) is 37.0. The van der Waals surface area contributed by atoms with Crippen molar-refractivity contribution in [2.45, 2.75) is 209 Å². The number of hydrogen-bond donors (Lipinski definition) is 0. The quantitative estimate of drug-likeness (QED) is 0.138. The van der Waals surface area contributed by atoms with Crippen molar-refractivity contribution < 1.29 is 0 Å². The van der Waals surface area contributed by atoms with E-state index in [1.807, 2.05) is 0 Å². The van der Waals surface area contributed by atoms with Gasteiger partial charge in [-0.2, -0.15) is 0 Å². The summed E-state index contributed by atoms with van der Waals surface area (Å²) in [6, 6.07) is 81.5. The molecule has 0 aliphatic carbocycles. The van der Waals surface area contributed by atoms with Gasteiger partial charge in [-0.05, 0) is 203 Å². The van der Waals surface area contributed by atoms with Gasteiger partial charge >= 0.3 is 0 Å². The third-order valence-electron chi connectivity index (χ3n) is 21.1. The highest BCUT2D eigenvalue weighted by Crippen LogP contribution is 2.51. The molecule has 500 valence electrons. The fourth-order valence-corrected chi connectivity index (χ4v) is 14.6. The van der Waals surface area contributed by atoms with Crippen LogP contribution in [0.3, 0.4) is 0 Å². The second kappa shape index (κ2) is 23.5. The van der Waals surface area contributed by atoms with Crippen molar-refractivity contribution >= 4 is 71.2 Å². The molecule has 0 bridgehead atoms. The highest BCUT2D eigenvalue weighted by molar-refractivity contribution is 6.28. The molecule has 0 aliphatic heterocycles. The van der Waals surface area contributed by atoms with Crippen molar-refractivity contribution in [1.29, 1.82) is 0 Å². The Balaban J connectivity index is 1.08. The Bertz CT molecular complexity index is 5000. The number of benzene rings is 12. The van der Waals surface area contributed by atoms with E-state index in [1.54, 1.807) is 0 Å². The summed E-state index contributed by atoms with van der Waals surface area (Å²) in [7, 11) is 0. The molecule has 0 saturated heterocycles. The summed E-state index contributed by atoms with van der Waals surface area (Å²) in [5.41, 5.74) is 27.2. The molecule has 0 N–H and O–H groups in total. The van der Waals surface area contributed by atoms with Crippen molar-refractivity contribution in [2.75, 3.05) is 4.90 Å². The van der Waals surface area contributed by atoms with E-state index < -0.39 is 0 Å². The highest BCUT2D eigenvalue weighted by Gasteiger charge is 2.30. The van der Waals surface area contributed by atoms with Crippen LogP contribution in [0, 0.1) is 0 Å². The van der Waals surface area contributed by atoms with Gasteiger partial charge in [-0.25, -0.2) is 0 Å². The number of aromatic nitrogens is 1. The van der Waals surface area contributed by atoms with Crippen LogP contribution in [-0.4, -0.2) is 4.57 Å². The van der Waals surface area contributed by atoms with E-state index in [2.05, 4.69) is 382 Å².